The second-order valence-electron chi connectivity index (χ2n) is 3.76. The van der Waals surface area contributed by atoms with Crippen molar-refractivity contribution in [3.05, 3.63) is 11.1 Å². The minimum atomic E-state index is -0.244. The second kappa shape index (κ2) is 7.78. The van der Waals surface area contributed by atoms with E-state index in [2.05, 4.69) is 15.6 Å². The third-order valence-corrected chi connectivity index (χ3v) is 2.90. The number of aliphatic hydroxyl groups excluding tert-OH is 1. The lowest BCUT2D eigenvalue weighted by atomic mass is 10.2. The largest absolute Gasteiger partial charge is 0.396 e. The molecule has 0 atom stereocenters. The number of amides is 2. The molecule has 0 aliphatic rings. The summed E-state index contributed by atoms with van der Waals surface area (Å²) in [5, 5.41) is 15.9. The average molecular weight is 271 g/mol. The van der Waals surface area contributed by atoms with Crippen LogP contribution in [-0.4, -0.2) is 35.1 Å². The molecule has 0 aliphatic carbocycles. The summed E-state index contributed by atoms with van der Waals surface area (Å²) in [5.41, 5.74) is 0.311. The third-order valence-electron chi connectivity index (χ3n) is 2.14. The van der Waals surface area contributed by atoms with Gasteiger partial charge in [0, 0.05) is 25.5 Å². The standard InChI is InChI=1S/C11H17N3O3S/c1-8(16)13-11-14-9(7-18-11)10(17)12-5-3-2-4-6-15/h7,15H,2-6H2,1H3,(H,12,17)(H,13,14,16). The van der Waals surface area contributed by atoms with Gasteiger partial charge in [0.2, 0.25) is 5.91 Å². The lowest BCUT2D eigenvalue weighted by Gasteiger charge is -2.02. The molecule has 0 saturated heterocycles. The predicted molar refractivity (Wildman–Crippen MR) is 69.7 cm³/mol. The fraction of sp³-hybridized carbons (Fsp3) is 0.545. The first-order chi connectivity index (χ1) is 8.63. The van der Waals surface area contributed by atoms with Gasteiger partial charge in [0.1, 0.15) is 5.69 Å². The van der Waals surface area contributed by atoms with E-state index in [1.54, 1.807) is 5.38 Å². The van der Waals surface area contributed by atoms with E-state index in [4.69, 9.17) is 5.11 Å². The molecule has 0 aliphatic heterocycles. The number of carbonyl (C=O) groups excluding carboxylic acids is 2. The molecule has 0 unspecified atom stereocenters. The SMILES string of the molecule is CC(=O)Nc1nc(C(=O)NCCCCCO)cs1. The molecule has 1 aromatic rings. The van der Waals surface area contributed by atoms with E-state index < -0.39 is 0 Å². The minimum absolute atomic E-state index is 0.181. The summed E-state index contributed by atoms with van der Waals surface area (Å²) in [4.78, 5) is 26.4. The molecule has 0 spiro atoms. The molecule has 7 heteroatoms. The summed E-state index contributed by atoms with van der Waals surface area (Å²) in [6, 6.07) is 0. The topological polar surface area (TPSA) is 91.3 Å². The molecule has 1 heterocycles. The van der Waals surface area contributed by atoms with Crippen LogP contribution in [0.25, 0.3) is 0 Å². The summed E-state index contributed by atoms with van der Waals surface area (Å²) in [7, 11) is 0. The Morgan fingerprint density at radius 2 is 2.17 bits per heavy atom. The Labute approximate surface area is 109 Å². The molecular weight excluding hydrogens is 254 g/mol. The molecule has 0 saturated carbocycles. The van der Waals surface area contributed by atoms with Crippen molar-refractivity contribution in [3.63, 3.8) is 0 Å². The highest BCUT2D eigenvalue weighted by Crippen LogP contribution is 2.14. The van der Waals surface area contributed by atoms with E-state index in [-0.39, 0.29) is 18.4 Å². The second-order valence-corrected chi connectivity index (χ2v) is 4.62. The first kappa shape index (κ1) is 14.6. The maximum atomic E-state index is 11.6. The van der Waals surface area contributed by atoms with Crippen molar-refractivity contribution in [2.45, 2.75) is 26.2 Å². The number of unbranched alkanes of at least 4 members (excludes halogenated alkanes) is 2. The van der Waals surface area contributed by atoms with E-state index >= 15 is 0 Å². The van der Waals surface area contributed by atoms with Crippen molar-refractivity contribution in [2.75, 3.05) is 18.5 Å². The maximum Gasteiger partial charge on any atom is 0.270 e. The fourth-order valence-corrected chi connectivity index (χ4v) is 2.03. The van der Waals surface area contributed by atoms with Gasteiger partial charge in [-0.3, -0.25) is 9.59 Å². The Morgan fingerprint density at radius 1 is 1.39 bits per heavy atom. The van der Waals surface area contributed by atoms with Gasteiger partial charge in [-0.25, -0.2) is 4.98 Å². The summed E-state index contributed by atoms with van der Waals surface area (Å²) in [6.07, 6.45) is 2.46. The van der Waals surface area contributed by atoms with Gasteiger partial charge >= 0.3 is 0 Å². The Kier molecular flexibility index (Phi) is 6.31. The zero-order valence-corrected chi connectivity index (χ0v) is 11.0. The number of thiazole rings is 1. The number of nitrogens with zero attached hydrogens (tertiary/aromatic N) is 1. The van der Waals surface area contributed by atoms with Crippen LogP contribution in [-0.2, 0) is 4.79 Å². The number of hydrogen-bond donors (Lipinski definition) is 3. The van der Waals surface area contributed by atoms with Crippen molar-refractivity contribution in [1.82, 2.24) is 10.3 Å². The molecule has 2 amide bonds. The molecule has 100 valence electrons. The quantitative estimate of drug-likeness (QED) is 0.645. The number of anilines is 1. The molecule has 1 rings (SSSR count). The van der Waals surface area contributed by atoms with Crippen molar-refractivity contribution < 1.29 is 14.7 Å². The zero-order valence-electron chi connectivity index (χ0n) is 10.2. The molecule has 0 aromatic carbocycles. The Morgan fingerprint density at radius 3 is 2.83 bits per heavy atom. The normalized spacial score (nSPS) is 10.1. The highest BCUT2D eigenvalue weighted by atomic mass is 32.1. The Bertz CT molecular complexity index is 406. The Hall–Kier alpha value is -1.47. The lowest BCUT2D eigenvalue weighted by molar-refractivity contribution is -0.114. The summed E-state index contributed by atoms with van der Waals surface area (Å²) < 4.78 is 0. The van der Waals surface area contributed by atoms with Crippen LogP contribution < -0.4 is 10.6 Å². The van der Waals surface area contributed by atoms with Crippen molar-refractivity contribution >= 4 is 28.3 Å². The number of hydrogen-bond acceptors (Lipinski definition) is 5. The summed E-state index contributed by atoms with van der Waals surface area (Å²) in [6.45, 7) is 2.13. The first-order valence-corrected chi connectivity index (χ1v) is 6.63. The van der Waals surface area contributed by atoms with Crippen LogP contribution in [0.4, 0.5) is 5.13 Å². The molecular formula is C11H17N3O3S. The van der Waals surface area contributed by atoms with Gasteiger partial charge in [-0.2, -0.15) is 0 Å². The summed E-state index contributed by atoms with van der Waals surface area (Å²) >= 11 is 1.22. The maximum absolute atomic E-state index is 11.6. The van der Waals surface area contributed by atoms with Gasteiger partial charge in [0.15, 0.2) is 5.13 Å². The van der Waals surface area contributed by atoms with Gasteiger partial charge in [-0.05, 0) is 19.3 Å². The average Bonchev–Trinajstić information content (AvgIpc) is 2.76. The van der Waals surface area contributed by atoms with Crippen molar-refractivity contribution in [3.8, 4) is 0 Å². The highest BCUT2D eigenvalue weighted by molar-refractivity contribution is 7.14. The number of rotatable bonds is 7. The van der Waals surface area contributed by atoms with Crippen LogP contribution in [0.1, 0.15) is 36.7 Å². The molecule has 6 nitrogen and oxygen atoms in total. The van der Waals surface area contributed by atoms with Crippen LogP contribution in [0.15, 0.2) is 5.38 Å². The Balaban J connectivity index is 2.33. The number of aromatic nitrogens is 1. The van der Waals surface area contributed by atoms with Crippen LogP contribution in [0.3, 0.4) is 0 Å². The molecule has 1 aromatic heterocycles. The fourth-order valence-electron chi connectivity index (χ4n) is 1.29. The number of nitrogens with one attached hydrogen (secondary N) is 2. The van der Waals surface area contributed by atoms with E-state index in [1.807, 2.05) is 0 Å². The van der Waals surface area contributed by atoms with Gasteiger partial charge in [0.25, 0.3) is 5.91 Å². The van der Waals surface area contributed by atoms with Crippen LogP contribution >= 0.6 is 11.3 Å². The van der Waals surface area contributed by atoms with Crippen molar-refractivity contribution in [1.29, 1.82) is 0 Å². The minimum Gasteiger partial charge on any atom is -0.396 e. The van der Waals surface area contributed by atoms with Crippen LogP contribution in [0.2, 0.25) is 0 Å². The molecule has 0 fully saturated rings. The van der Waals surface area contributed by atoms with E-state index in [0.717, 1.165) is 19.3 Å². The predicted octanol–water partition coefficient (Wildman–Crippen LogP) is 0.994. The van der Waals surface area contributed by atoms with Gasteiger partial charge < -0.3 is 15.7 Å². The smallest absolute Gasteiger partial charge is 0.270 e. The molecule has 0 bridgehead atoms. The molecule has 18 heavy (non-hydrogen) atoms. The van der Waals surface area contributed by atoms with Gasteiger partial charge in [-0.15, -0.1) is 11.3 Å². The van der Waals surface area contributed by atoms with Gasteiger partial charge in [-0.1, -0.05) is 0 Å². The van der Waals surface area contributed by atoms with E-state index in [0.29, 0.717) is 17.4 Å². The van der Waals surface area contributed by atoms with E-state index in [1.165, 1.54) is 18.3 Å². The number of carbonyl (C=O) groups is 2. The molecule has 3 N–H and O–H groups in total. The summed E-state index contributed by atoms with van der Waals surface area (Å²) in [5.74, 6) is -0.452. The lowest BCUT2D eigenvalue weighted by Crippen LogP contribution is -2.24. The van der Waals surface area contributed by atoms with E-state index in [9.17, 15) is 9.59 Å². The highest BCUT2D eigenvalue weighted by Gasteiger charge is 2.10. The third kappa shape index (κ3) is 5.24. The first-order valence-electron chi connectivity index (χ1n) is 5.75. The van der Waals surface area contributed by atoms with Gasteiger partial charge in [0.05, 0.1) is 0 Å². The molecule has 0 radical (unpaired) electrons. The van der Waals surface area contributed by atoms with Crippen LogP contribution in [0, 0.1) is 0 Å². The number of aliphatic hydroxyl groups is 1. The monoisotopic (exact) mass is 271 g/mol. The van der Waals surface area contributed by atoms with Crippen molar-refractivity contribution in [2.24, 2.45) is 0 Å². The van der Waals surface area contributed by atoms with Crippen LogP contribution in [0.5, 0.6) is 0 Å². The zero-order chi connectivity index (χ0) is 13.4.